The van der Waals surface area contributed by atoms with E-state index in [0.29, 0.717) is 18.7 Å². The van der Waals surface area contributed by atoms with Crippen LogP contribution in [0, 0.1) is 0 Å². The first kappa shape index (κ1) is 17.4. The second-order valence-corrected chi connectivity index (χ2v) is 6.73. The molecule has 4 rings (SSSR count). The third-order valence-corrected chi connectivity index (χ3v) is 5.12. The van der Waals surface area contributed by atoms with Crippen molar-refractivity contribution in [3.05, 3.63) is 65.5 Å². The van der Waals surface area contributed by atoms with E-state index < -0.39 is 29.9 Å². The summed E-state index contributed by atoms with van der Waals surface area (Å²) >= 11 is 0. The summed E-state index contributed by atoms with van der Waals surface area (Å²) in [7, 11) is 0. The zero-order chi connectivity index (χ0) is 19.0. The topological polar surface area (TPSA) is 90.8 Å². The fraction of sp³-hybridized carbons (Fsp3) is 0.300. The minimum atomic E-state index is -1.33. The predicted molar refractivity (Wildman–Crippen MR) is 95.7 cm³/mol. The van der Waals surface area contributed by atoms with Gasteiger partial charge >= 0.3 is 0 Å². The molecule has 7 nitrogen and oxygen atoms in total. The molecule has 1 aromatic carbocycles. The molecule has 3 heterocycles. The summed E-state index contributed by atoms with van der Waals surface area (Å²) in [5.41, 5.74) is 0.936. The Morgan fingerprint density at radius 2 is 1.52 bits per heavy atom. The molecule has 2 aromatic rings. The Balaban J connectivity index is 1.75. The maximum absolute atomic E-state index is 13.2. The van der Waals surface area contributed by atoms with Gasteiger partial charge in [-0.15, -0.1) is 0 Å². The Hall–Kier alpha value is -3.06. The summed E-state index contributed by atoms with van der Waals surface area (Å²) in [5.74, 6) is -1.52. The number of aliphatic hydroxyl groups is 1. The lowest BCUT2D eigenvalue weighted by atomic mass is 10.0. The van der Waals surface area contributed by atoms with Crippen molar-refractivity contribution < 1.29 is 19.5 Å². The van der Waals surface area contributed by atoms with E-state index in [1.807, 2.05) is 0 Å². The van der Waals surface area contributed by atoms with E-state index >= 15 is 0 Å². The lowest BCUT2D eigenvalue weighted by Gasteiger charge is -2.32. The van der Waals surface area contributed by atoms with E-state index in [1.54, 1.807) is 41.3 Å². The molecule has 0 aliphatic carbocycles. The van der Waals surface area contributed by atoms with Gasteiger partial charge in [-0.25, -0.2) is 0 Å². The first-order valence-electron chi connectivity index (χ1n) is 8.93. The molecule has 0 bridgehead atoms. The Morgan fingerprint density at radius 1 is 0.963 bits per heavy atom. The quantitative estimate of drug-likeness (QED) is 0.827. The van der Waals surface area contributed by atoms with Gasteiger partial charge in [0, 0.05) is 25.5 Å². The average Bonchev–Trinajstić information content (AvgIpc) is 3.32. The van der Waals surface area contributed by atoms with Crippen LogP contribution >= 0.6 is 0 Å². The standard InChI is InChI=1S/C20H19N3O4/c24-17(13-7-9-21-10-8-13)16(20(27)22-11-3-4-12-22)23-18(25)14-5-1-2-6-15(14)19(23)26/h1-2,5-10,16-17,24H,3-4,11-12H2. The molecule has 2 unspecified atom stereocenters. The lowest BCUT2D eigenvalue weighted by Crippen LogP contribution is -2.53. The number of imide groups is 1. The molecule has 0 radical (unpaired) electrons. The number of hydrogen-bond donors (Lipinski definition) is 1. The molecule has 2 aliphatic rings. The predicted octanol–water partition coefficient (Wildman–Crippen LogP) is 1.40. The van der Waals surface area contributed by atoms with Crippen molar-refractivity contribution in [2.45, 2.75) is 25.0 Å². The lowest BCUT2D eigenvalue weighted by molar-refractivity contribution is -0.138. The highest BCUT2D eigenvalue weighted by Gasteiger charge is 2.47. The van der Waals surface area contributed by atoms with Crippen molar-refractivity contribution in [3.63, 3.8) is 0 Å². The Labute approximate surface area is 156 Å². The molecule has 138 valence electrons. The molecular formula is C20H19N3O4. The van der Waals surface area contributed by atoms with Gasteiger partial charge < -0.3 is 10.0 Å². The van der Waals surface area contributed by atoms with Crippen LogP contribution in [0.15, 0.2) is 48.8 Å². The van der Waals surface area contributed by atoms with E-state index in [2.05, 4.69) is 4.98 Å². The van der Waals surface area contributed by atoms with Gasteiger partial charge in [-0.3, -0.25) is 24.3 Å². The van der Waals surface area contributed by atoms with Crippen molar-refractivity contribution in [2.24, 2.45) is 0 Å². The van der Waals surface area contributed by atoms with Crippen LogP contribution < -0.4 is 0 Å². The Bertz CT molecular complexity index is 858. The van der Waals surface area contributed by atoms with Gasteiger partial charge in [-0.1, -0.05) is 12.1 Å². The van der Waals surface area contributed by atoms with E-state index in [9.17, 15) is 19.5 Å². The number of pyridine rings is 1. The van der Waals surface area contributed by atoms with E-state index in [-0.39, 0.29) is 11.1 Å². The van der Waals surface area contributed by atoms with Crippen molar-refractivity contribution in [3.8, 4) is 0 Å². The normalized spacial score (nSPS) is 18.6. The van der Waals surface area contributed by atoms with E-state index in [4.69, 9.17) is 0 Å². The van der Waals surface area contributed by atoms with Crippen LogP contribution in [-0.2, 0) is 4.79 Å². The van der Waals surface area contributed by atoms with E-state index in [0.717, 1.165) is 17.7 Å². The third-order valence-electron chi connectivity index (χ3n) is 5.12. The number of rotatable bonds is 4. The molecule has 0 saturated carbocycles. The SMILES string of the molecule is O=C(C(C(O)c1ccncc1)N1C(=O)c2ccccc2C1=O)N1CCCC1. The number of hydrogen-bond acceptors (Lipinski definition) is 5. The summed E-state index contributed by atoms with van der Waals surface area (Å²) in [6.07, 6.45) is 3.40. The number of likely N-dealkylation sites (tertiary alicyclic amines) is 1. The van der Waals surface area contributed by atoms with Gasteiger partial charge in [-0.2, -0.15) is 0 Å². The zero-order valence-electron chi connectivity index (χ0n) is 14.6. The number of carbonyl (C=O) groups excluding carboxylic acids is 3. The van der Waals surface area contributed by atoms with Crippen molar-refractivity contribution >= 4 is 17.7 Å². The highest BCUT2D eigenvalue weighted by molar-refractivity contribution is 6.22. The third kappa shape index (κ3) is 2.90. The van der Waals surface area contributed by atoms with Gasteiger partial charge in [0.05, 0.1) is 11.1 Å². The fourth-order valence-electron chi connectivity index (χ4n) is 3.71. The largest absolute Gasteiger partial charge is 0.386 e. The van der Waals surface area contributed by atoms with Crippen LogP contribution in [0.25, 0.3) is 0 Å². The first-order valence-corrected chi connectivity index (χ1v) is 8.93. The smallest absolute Gasteiger partial charge is 0.262 e. The minimum Gasteiger partial charge on any atom is -0.386 e. The monoisotopic (exact) mass is 365 g/mol. The number of aromatic nitrogens is 1. The molecule has 1 aromatic heterocycles. The summed E-state index contributed by atoms with van der Waals surface area (Å²) in [4.78, 5) is 45.5. The van der Waals surface area contributed by atoms with Crippen LogP contribution in [0.2, 0.25) is 0 Å². The van der Waals surface area contributed by atoms with Crippen molar-refractivity contribution in [1.82, 2.24) is 14.8 Å². The Morgan fingerprint density at radius 3 is 2.07 bits per heavy atom. The van der Waals surface area contributed by atoms with Gasteiger partial charge in [0.1, 0.15) is 12.1 Å². The van der Waals surface area contributed by atoms with Crippen LogP contribution in [-0.4, -0.2) is 56.7 Å². The van der Waals surface area contributed by atoms with E-state index in [1.165, 1.54) is 12.4 Å². The zero-order valence-corrected chi connectivity index (χ0v) is 14.6. The second-order valence-electron chi connectivity index (χ2n) is 6.73. The van der Waals surface area contributed by atoms with Crippen LogP contribution in [0.3, 0.4) is 0 Å². The number of benzene rings is 1. The van der Waals surface area contributed by atoms with Crippen molar-refractivity contribution in [1.29, 1.82) is 0 Å². The first-order chi connectivity index (χ1) is 13.1. The molecule has 27 heavy (non-hydrogen) atoms. The number of fused-ring (bicyclic) bond motifs is 1. The van der Waals surface area contributed by atoms with Crippen LogP contribution in [0.1, 0.15) is 45.2 Å². The fourth-order valence-corrected chi connectivity index (χ4v) is 3.71. The molecule has 0 spiro atoms. The molecule has 2 aliphatic heterocycles. The Kier molecular flexibility index (Phi) is 4.45. The summed E-state index contributed by atoms with van der Waals surface area (Å²) < 4.78 is 0. The maximum Gasteiger partial charge on any atom is 0.262 e. The van der Waals surface area contributed by atoms with Crippen LogP contribution in [0.5, 0.6) is 0 Å². The molecular weight excluding hydrogens is 346 g/mol. The molecule has 7 heteroatoms. The highest BCUT2D eigenvalue weighted by atomic mass is 16.3. The number of nitrogens with zero attached hydrogens (tertiary/aromatic N) is 3. The van der Waals surface area contributed by atoms with Crippen LogP contribution in [0.4, 0.5) is 0 Å². The van der Waals surface area contributed by atoms with Gasteiger partial charge in [0.25, 0.3) is 11.8 Å². The van der Waals surface area contributed by atoms with Gasteiger partial charge in [0.2, 0.25) is 5.91 Å². The maximum atomic E-state index is 13.2. The van der Waals surface area contributed by atoms with Crippen molar-refractivity contribution in [2.75, 3.05) is 13.1 Å². The number of carbonyl (C=O) groups is 3. The molecule has 2 atom stereocenters. The summed E-state index contributed by atoms with van der Waals surface area (Å²) in [6, 6.07) is 8.31. The summed E-state index contributed by atoms with van der Waals surface area (Å²) in [5, 5.41) is 11.0. The second kappa shape index (κ2) is 6.92. The highest BCUT2D eigenvalue weighted by Crippen LogP contribution is 2.31. The van der Waals surface area contributed by atoms with Gasteiger partial charge in [0.15, 0.2) is 0 Å². The summed E-state index contributed by atoms with van der Waals surface area (Å²) in [6.45, 7) is 1.11. The number of aliphatic hydroxyl groups excluding tert-OH is 1. The number of amides is 3. The molecule has 1 fully saturated rings. The average molecular weight is 365 g/mol. The molecule has 1 saturated heterocycles. The minimum absolute atomic E-state index is 0.253. The van der Waals surface area contributed by atoms with Gasteiger partial charge in [-0.05, 0) is 42.7 Å². The molecule has 1 N–H and O–H groups in total. The molecule has 3 amide bonds.